The quantitative estimate of drug-likeness (QED) is 0.649. The first-order chi connectivity index (χ1) is 7.22. The molecule has 0 spiro atoms. The van der Waals surface area contributed by atoms with E-state index in [1.54, 1.807) is 30.6 Å². The van der Waals surface area contributed by atoms with Crippen LogP contribution in [0.25, 0.3) is 0 Å². The monoisotopic (exact) mass is 263 g/mol. The highest BCUT2D eigenvalue weighted by atomic mass is 35.5. The smallest absolute Gasteiger partial charge is 0.0572 e. The van der Waals surface area contributed by atoms with Crippen LogP contribution in [-0.2, 0) is 11.4 Å². The third-order valence-corrected chi connectivity index (χ3v) is 4.06. The maximum atomic E-state index is 6.19. The van der Waals surface area contributed by atoms with Crippen LogP contribution in [0.1, 0.15) is 5.56 Å². The Morgan fingerprint density at radius 3 is 2.60 bits per heavy atom. The van der Waals surface area contributed by atoms with E-state index in [1.165, 1.54) is 4.90 Å². The molecule has 84 valence electrons. The average molecular weight is 264 g/mol. The molecule has 0 saturated heterocycles. The number of hydroxylamine groups is 1. The van der Waals surface area contributed by atoms with E-state index in [0.29, 0.717) is 6.54 Å². The lowest BCUT2D eigenvalue weighted by molar-refractivity contribution is 0.0866. The van der Waals surface area contributed by atoms with Crippen molar-refractivity contribution in [3.8, 4) is 0 Å². The molecule has 15 heavy (non-hydrogen) atoms. The summed E-state index contributed by atoms with van der Waals surface area (Å²) in [7, 11) is 1.60. The second-order valence-electron chi connectivity index (χ2n) is 2.84. The molecular formula is C10H14ClNOS2. The summed E-state index contributed by atoms with van der Waals surface area (Å²) in [5.41, 5.74) is 3.93. The van der Waals surface area contributed by atoms with Crippen molar-refractivity contribution in [2.45, 2.75) is 16.3 Å². The van der Waals surface area contributed by atoms with Crippen molar-refractivity contribution < 1.29 is 4.84 Å². The van der Waals surface area contributed by atoms with Gasteiger partial charge in [-0.1, -0.05) is 11.6 Å². The summed E-state index contributed by atoms with van der Waals surface area (Å²) in [5, 5.41) is 0.808. The highest BCUT2D eigenvalue weighted by Crippen LogP contribution is 2.35. The van der Waals surface area contributed by atoms with E-state index in [2.05, 4.69) is 17.8 Å². The minimum Gasteiger partial charge on any atom is -0.305 e. The molecule has 0 radical (unpaired) electrons. The fourth-order valence-corrected chi connectivity index (χ4v) is 3.34. The van der Waals surface area contributed by atoms with Gasteiger partial charge in [-0.25, -0.2) is 0 Å². The van der Waals surface area contributed by atoms with Crippen molar-refractivity contribution in [1.82, 2.24) is 5.48 Å². The van der Waals surface area contributed by atoms with Gasteiger partial charge in [0.05, 0.1) is 12.1 Å². The number of thioether (sulfide) groups is 2. The van der Waals surface area contributed by atoms with E-state index < -0.39 is 0 Å². The van der Waals surface area contributed by atoms with E-state index in [-0.39, 0.29) is 0 Å². The number of hydrogen-bond donors (Lipinski definition) is 1. The molecule has 0 saturated carbocycles. The van der Waals surface area contributed by atoms with Crippen LogP contribution in [0, 0.1) is 0 Å². The van der Waals surface area contributed by atoms with Crippen molar-refractivity contribution in [2.75, 3.05) is 19.6 Å². The summed E-state index contributed by atoms with van der Waals surface area (Å²) < 4.78 is 0. The first-order valence-electron chi connectivity index (χ1n) is 4.39. The van der Waals surface area contributed by atoms with E-state index in [4.69, 9.17) is 16.4 Å². The summed E-state index contributed by atoms with van der Waals surface area (Å²) in [6, 6.07) is 4.10. The maximum absolute atomic E-state index is 6.19. The Balaban J connectivity index is 2.97. The van der Waals surface area contributed by atoms with Gasteiger partial charge in [0, 0.05) is 16.3 Å². The Kier molecular flexibility index (Phi) is 5.86. The number of halogens is 1. The van der Waals surface area contributed by atoms with E-state index >= 15 is 0 Å². The van der Waals surface area contributed by atoms with Crippen molar-refractivity contribution >= 4 is 35.1 Å². The standard InChI is InChI=1S/C10H14ClNOS2/c1-13-12-6-7-4-8(11)10(15-3)9(5-7)14-2/h4-5,12H,6H2,1-3H3. The molecule has 0 aliphatic carbocycles. The molecule has 0 bridgehead atoms. The molecule has 0 aliphatic heterocycles. The lowest BCUT2D eigenvalue weighted by Crippen LogP contribution is -2.10. The largest absolute Gasteiger partial charge is 0.305 e. The van der Waals surface area contributed by atoms with Gasteiger partial charge in [-0.15, -0.1) is 23.5 Å². The highest BCUT2D eigenvalue weighted by molar-refractivity contribution is 8.01. The number of nitrogens with one attached hydrogen (secondary N) is 1. The van der Waals surface area contributed by atoms with E-state index in [9.17, 15) is 0 Å². The summed E-state index contributed by atoms with van der Waals surface area (Å²) >= 11 is 9.57. The second kappa shape index (κ2) is 6.66. The van der Waals surface area contributed by atoms with Crippen LogP contribution < -0.4 is 5.48 Å². The van der Waals surface area contributed by atoms with Crippen LogP contribution in [0.15, 0.2) is 21.9 Å². The van der Waals surface area contributed by atoms with Crippen LogP contribution in [0.4, 0.5) is 0 Å². The minimum absolute atomic E-state index is 0.665. The molecular weight excluding hydrogens is 250 g/mol. The fraction of sp³-hybridized carbons (Fsp3) is 0.400. The van der Waals surface area contributed by atoms with Crippen LogP contribution in [0.3, 0.4) is 0 Å². The van der Waals surface area contributed by atoms with Gasteiger partial charge < -0.3 is 4.84 Å². The average Bonchev–Trinajstić information content (AvgIpc) is 2.25. The molecule has 0 fully saturated rings. The summed E-state index contributed by atoms with van der Waals surface area (Å²) in [5.74, 6) is 0. The molecule has 0 aromatic heterocycles. The van der Waals surface area contributed by atoms with Gasteiger partial charge >= 0.3 is 0 Å². The lowest BCUT2D eigenvalue weighted by atomic mass is 10.2. The zero-order valence-corrected chi connectivity index (χ0v) is 11.4. The van der Waals surface area contributed by atoms with Gasteiger partial charge in [-0.2, -0.15) is 5.48 Å². The van der Waals surface area contributed by atoms with Gasteiger partial charge in [-0.3, -0.25) is 0 Å². The van der Waals surface area contributed by atoms with E-state index in [1.807, 2.05) is 12.3 Å². The molecule has 1 aromatic rings. The first-order valence-corrected chi connectivity index (χ1v) is 7.22. The lowest BCUT2D eigenvalue weighted by Gasteiger charge is -2.10. The number of rotatable bonds is 5. The Bertz CT molecular complexity index is 333. The molecule has 0 amide bonds. The minimum atomic E-state index is 0.665. The predicted octanol–water partition coefficient (Wildman–Crippen LogP) is 3.43. The van der Waals surface area contributed by atoms with Crippen LogP contribution >= 0.6 is 35.1 Å². The fourth-order valence-electron chi connectivity index (χ4n) is 1.23. The van der Waals surface area contributed by atoms with Crippen LogP contribution in [0.2, 0.25) is 5.02 Å². The van der Waals surface area contributed by atoms with Gasteiger partial charge in [0.25, 0.3) is 0 Å². The third-order valence-electron chi connectivity index (χ3n) is 1.91. The molecule has 1 aromatic carbocycles. The van der Waals surface area contributed by atoms with Crippen LogP contribution in [0.5, 0.6) is 0 Å². The zero-order chi connectivity index (χ0) is 11.3. The molecule has 0 unspecified atom stereocenters. The topological polar surface area (TPSA) is 21.3 Å². The Hall–Kier alpha value is 0.130. The summed E-state index contributed by atoms with van der Waals surface area (Å²) in [4.78, 5) is 7.17. The summed E-state index contributed by atoms with van der Waals surface area (Å²) in [6.45, 7) is 0.665. The first kappa shape index (κ1) is 13.2. The summed E-state index contributed by atoms with van der Waals surface area (Å²) in [6.07, 6.45) is 4.09. The second-order valence-corrected chi connectivity index (χ2v) is 4.91. The Labute approximate surface area is 104 Å². The molecule has 0 heterocycles. The van der Waals surface area contributed by atoms with Gasteiger partial charge in [0.1, 0.15) is 0 Å². The Morgan fingerprint density at radius 2 is 2.07 bits per heavy atom. The number of hydrogen-bond acceptors (Lipinski definition) is 4. The van der Waals surface area contributed by atoms with Crippen molar-refractivity contribution in [3.63, 3.8) is 0 Å². The zero-order valence-electron chi connectivity index (χ0n) is 8.96. The molecule has 5 heteroatoms. The maximum Gasteiger partial charge on any atom is 0.0572 e. The Morgan fingerprint density at radius 1 is 1.33 bits per heavy atom. The van der Waals surface area contributed by atoms with E-state index in [0.717, 1.165) is 15.5 Å². The van der Waals surface area contributed by atoms with Crippen LogP contribution in [-0.4, -0.2) is 19.6 Å². The van der Waals surface area contributed by atoms with Gasteiger partial charge in [0.15, 0.2) is 0 Å². The van der Waals surface area contributed by atoms with Crippen molar-refractivity contribution in [3.05, 3.63) is 22.7 Å². The molecule has 0 atom stereocenters. The SMILES string of the molecule is CONCc1cc(Cl)c(SC)c(SC)c1. The normalized spacial score (nSPS) is 10.7. The van der Waals surface area contributed by atoms with Crippen molar-refractivity contribution in [2.24, 2.45) is 0 Å². The van der Waals surface area contributed by atoms with Gasteiger partial charge in [-0.05, 0) is 30.2 Å². The third kappa shape index (κ3) is 3.57. The van der Waals surface area contributed by atoms with Gasteiger partial charge in [0.2, 0.25) is 0 Å². The number of benzene rings is 1. The molecule has 2 nitrogen and oxygen atoms in total. The molecule has 0 aliphatic rings. The molecule has 1 N–H and O–H groups in total. The predicted molar refractivity (Wildman–Crippen MR) is 68.9 cm³/mol. The molecule has 1 rings (SSSR count). The van der Waals surface area contributed by atoms with Crippen molar-refractivity contribution in [1.29, 1.82) is 0 Å². The highest BCUT2D eigenvalue weighted by Gasteiger charge is 2.07.